The Balaban J connectivity index is 2.75. The maximum absolute atomic E-state index is 11.9. The second-order valence-corrected chi connectivity index (χ2v) is 5.70. The highest BCUT2D eigenvalue weighted by molar-refractivity contribution is 6.31. The largest absolute Gasteiger partial charge is 0.480 e. The summed E-state index contributed by atoms with van der Waals surface area (Å²) in [7, 11) is 0. The van der Waals surface area contributed by atoms with Crippen LogP contribution in [0.1, 0.15) is 25.8 Å². The van der Waals surface area contributed by atoms with Gasteiger partial charge in [-0.1, -0.05) is 31.5 Å². The second-order valence-electron chi connectivity index (χ2n) is 5.30. The topological polar surface area (TPSA) is 110 Å². The normalized spacial score (nSPS) is 12.0. The summed E-state index contributed by atoms with van der Waals surface area (Å²) in [6.45, 7) is 3.71. The number of rotatable bonds is 7. The number of carbonyl (C=O) groups excluding carboxylic acids is 1. The molecule has 0 aromatic heterocycles. The van der Waals surface area contributed by atoms with Crippen molar-refractivity contribution in [2.24, 2.45) is 5.92 Å². The van der Waals surface area contributed by atoms with Gasteiger partial charge in [-0.2, -0.15) is 0 Å². The average molecular weight is 329 g/mol. The monoisotopic (exact) mass is 328 g/mol. The molecule has 0 bridgehead atoms. The molecule has 0 fully saturated rings. The molecule has 0 heterocycles. The van der Waals surface area contributed by atoms with Gasteiger partial charge in [0, 0.05) is 12.1 Å². The van der Waals surface area contributed by atoms with Crippen LogP contribution in [-0.4, -0.2) is 27.9 Å². The predicted molar refractivity (Wildman–Crippen MR) is 80.8 cm³/mol. The Kier molecular flexibility index (Phi) is 6.30. The summed E-state index contributed by atoms with van der Waals surface area (Å²) < 4.78 is 0. The van der Waals surface area contributed by atoms with Crippen LogP contribution in [0.3, 0.4) is 0 Å². The van der Waals surface area contributed by atoms with Gasteiger partial charge in [0.15, 0.2) is 0 Å². The fourth-order valence-corrected chi connectivity index (χ4v) is 2.15. The third-order valence-corrected chi connectivity index (χ3v) is 3.29. The molecule has 1 unspecified atom stereocenters. The maximum Gasteiger partial charge on any atom is 0.326 e. The number of hydrogen-bond donors (Lipinski definition) is 2. The summed E-state index contributed by atoms with van der Waals surface area (Å²) in [5.41, 5.74) is 0.232. The number of amides is 1. The van der Waals surface area contributed by atoms with Crippen molar-refractivity contribution in [3.63, 3.8) is 0 Å². The van der Waals surface area contributed by atoms with E-state index in [0.29, 0.717) is 12.0 Å². The Hall–Kier alpha value is -2.15. The third kappa shape index (κ3) is 5.33. The van der Waals surface area contributed by atoms with Crippen molar-refractivity contribution in [2.75, 3.05) is 0 Å². The molecule has 1 rings (SSSR count). The number of non-ortho nitro benzene ring substituents is 1. The number of nitrogens with zero attached hydrogens (tertiary/aromatic N) is 1. The van der Waals surface area contributed by atoms with E-state index in [1.807, 2.05) is 13.8 Å². The van der Waals surface area contributed by atoms with Crippen LogP contribution >= 0.6 is 11.6 Å². The van der Waals surface area contributed by atoms with Gasteiger partial charge in [0.1, 0.15) is 6.04 Å². The molecule has 0 aliphatic carbocycles. The molecule has 1 aromatic rings. The Morgan fingerprint density at radius 3 is 2.50 bits per heavy atom. The zero-order chi connectivity index (χ0) is 16.9. The van der Waals surface area contributed by atoms with Gasteiger partial charge in [0.25, 0.3) is 5.69 Å². The van der Waals surface area contributed by atoms with Crippen LogP contribution in [0.25, 0.3) is 0 Å². The Morgan fingerprint density at radius 1 is 1.41 bits per heavy atom. The zero-order valence-electron chi connectivity index (χ0n) is 12.2. The number of aliphatic carboxylic acids is 1. The first-order valence-corrected chi connectivity index (χ1v) is 7.03. The molecule has 8 heteroatoms. The molecule has 0 spiro atoms. The summed E-state index contributed by atoms with van der Waals surface area (Å²) in [4.78, 5) is 33.0. The van der Waals surface area contributed by atoms with Gasteiger partial charge in [-0.05, 0) is 17.9 Å². The highest BCUT2D eigenvalue weighted by Gasteiger charge is 2.21. The molecular weight excluding hydrogens is 312 g/mol. The van der Waals surface area contributed by atoms with E-state index in [-0.39, 0.29) is 23.0 Å². The Labute approximate surface area is 132 Å². The van der Waals surface area contributed by atoms with Crippen molar-refractivity contribution >= 4 is 29.2 Å². The van der Waals surface area contributed by atoms with Crippen molar-refractivity contribution in [1.29, 1.82) is 0 Å². The van der Waals surface area contributed by atoms with Crippen LogP contribution in [0.2, 0.25) is 5.02 Å². The van der Waals surface area contributed by atoms with Crippen LogP contribution in [0.4, 0.5) is 5.69 Å². The number of halogens is 1. The first-order chi connectivity index (χ1) is 10.2. The number of nitro benzene ring substituents is 1. The lowest BCUT2D eigenvalue weighted by molar-refractivity contribution is -0.384. The summed E-state index contributed by atoms with van der Waals surface area (Å²) in [5, 5.41) is 22.2. The van der Waals surface area contributed by atoms with Gasteiger partial charge in [0.05, 0.1) is 16.4 Å². The molecule has 22 heavy (non-hydrogen) atoms. The number of benzene rings is 1. The van der Waals surface area contributed by atoms with E-state index in [4.69, 9.17) is 16.7 Å². The van der Waals surface area contributed by atoms with Gasteiger partial charge < -0.3 is 10.4 Å². The first-order valence-electron chi connectivity index (χ1n) is 6.65. The molecule has 0 radical (unpaired) electrons. The van der Waals surface area contributed by atoms with Crippen LogP contribution in [0.5, 0.6) is 0 Å². The molecule has 0 aliphatic rings. The molecular formula is C14H17ClN2O5. The fraction of sp³-hybridized carbons (Fsp3) is 0.429. The van der Waals surface area contributed by atoms with Gasteiger partial charge in [-0.15, -0.1) is 0 Å². The Morgan fingerprint density at radius 2 is 2.05 bits per heavy atom. The van der Waals surface area contributed by atoms with E-state index in [2.05, 4.69) is 5.32 Å². The number of nitrogens with one attached hydrogen (secondary N) is 1. The standard InChI is InChI=1S/C14H17ClN2O5/c1-8(2)5-12(14(19)20)16-13(18)6-9-3-4-10(17(21)22)7-11(9)15/h3-4,7-8,12H,5-6H2,1-2H3,(H,16,18)(H,19,20). The van der Waals surface area contributed by atoms with Crippen LogP contribution in [0.15, 0.2) is 18.2 Å². The first kappa shape index (κ1) is 17.9. The molecule has 0 saturated carbocycles. The van der Waals surface area contributed by atoms with E-state index in [0.717, 1.165) is 6.07 Å². The fourth-order valence-electron chi connectivity index (χ4n) is 1.90. The molecule has 7 nitrogen and oxygen atoms in total. The van der Waals surface area contributed by atoms with E-state index in [9.17, 15) is 19.7 Å². The lowest BCUT2D eigenvalue weighted by Gasteiger charge is -2.16. The maximum atomic E-state index is 11.9. The van der Waals surface area contributed by atoms with Crippen molar-refractivity contribution in [1.82, 2.24) is 5.32 Å². The van der Waals surface area contributed by atoms with Crippen molar-refractivity contribution in [2.45, 2.75) is 32.7 Å². The summed E-state index contributed by atoms with van der Waals surface area (Å²) >= 11 is 5.90. The lowest BCUT2D eigenvalue weighted by Crippen LogP contribution is -2.42. The van der Waals surface area contributed by atoms with Crippen LogP contribution in [0, 0.1) is 16.0 Å². The minimum atomic E-state index is -1.10. The number of carbonyl (C=O) groups is 2. The summed E-state index contributed by atoms with van der Waals surface area (Å²) in [6.07, 6.45) is 0.174. The van der Waals surface area contributed by atoms with Crippen molar-refractivity contribution < 1.29 is 19.6 Å². The number of carboxylic acid groups (broad SMARTS) is 1. The van der Waals surface area contributed by atoms with E-state index in [1.54, 1.807) is 0 Å². The third-order valence-electron chi connectivity index (χ3n) is 2.94. The average Bonchev–Trinajstić information content (AvgIpc) is 2.39. The van der Waals surface area contributed by atoms with E-state index < -0.39 is 22.8 Å². The lowest BCUT2D eigenvalue weighted by atomic mass is 10.0. The summed E-state index contributed by atoms with van der Waals surface area (Å²) in [5.74, 6) is -1.48. The molecule has 1 amide bonds. The number of hydrogen-bond acceptors (Lipinski definition) is 4. The van der Waals surface area contributed by atoms with E-state index >= 15 is 0 Å². The van der Waals surface area contributed by atoms with Gasteiger partial charge in [-0.3, -0.25) is 14.9 Å². The highest BCUT2D eigenvalue weighted by Crippen LogP contribution is 2.22. The number of nitro groups is 1. The molecule has 120 valence electrons. The van der Waals surface area contributed by atoms with Gasteiger partial charge in [0.2, 0.25) is 5.91 Å². The SMILES string of the molecule is CC(C)CC(NC(=O)Cc1ccc([N+](=O)[O-])cc1Cl)C(=O)O. The minimum absolute atomic E-state index is 0.0973. The second kappa shape index (κ2) is 7.74. The minimum Gasteiger partial charge on any atom is -0.480 e. The zero-order valence-corrected chi connectivity index (χ0v) is 13.0. The van der Waals surface area contributed by atoms with Gasteiger partial charge >= 0.3 is 5.97 Å². The molecule has 2 N–H and O–H groups in total. The molecule has 1 aromatic carbocycles. The van der Waals surface area contributed by atoms with Crippen LogP contribution in [-0.2, 0) is 16.0 Å². The number of carboxylic acids is 1. The summed E-state index contributed by atoms with van der Waals surface area (Å²) in [6, 6.07) is 2.83. The van der Waals surface area contributed by atoms with Crippen molar-refractivity contribution in [3.8, 4) is 0 Å². The van der Waals surface area contributed by atoms with Crippen LogP contribution < -0.4 is 5.32 Å². The molecule has 1 atom stereocenters. The highest BCUT2D eigenvalue weighted by atomic mass is 35.5. The molecule has 0 saturated heterocycles. The van der Waals surface area contributed by atoms with Gasteiger partial charge in [-0.25, -0.2) is 4.79 Å². The van der Waals surface area contributed by atoms with E-state index in [1.165, 1.54) is 12.1 Å². The van der Waals surface area contributed by atoms with Crippen molar-refractivity contribution in [3.05, 3.63) is 38.9 Å². The predicted octanol–water partition coefficient (Wildman–Crippen LogP) is 2.41. The quantitative estimate of drug-likeness (QED) is 0.590. The smallest absolute Gasteiger partial charge is 0.326 e. The Bertz CT molecular complexity index is 589. The molecule has 0 aliphatic heterocycles.